The molecule has 1 N–H and O–H groups in total. The van der Waals surface area contributed by atoms with Gasteiger partial charge >= 0.3 is 5.97 Å². The molecule has 0 radical (unpaired) electrons. The van der Waals surface area contributed by atoms with Crippen molar-refractivity contribution in [2.75, 3.05) is 13.2 Å². The number of ketones is 1. The molecule has 0 spiro atoms. The first-order valence-corrected chi connectivity index (χ1v) is 10.2. The van der Waals surface area contributed by atoms with Gasteiger partial charge in [0.05, 0.1) is 18.2 Å². The van der Waals surface area contributed by atoms with Crippen LogP contribution in [0.15, 0.2) is 54.1 Å². The molecule has 0 aromatic heterocycles. The molecule has 7 nitrogen and oxygen atoms in total. The molecule has 1 amide bonds. The maximum absolute atomic E-state index is 12.9. The average molecular weight is 423 g/mol. The first kappa shape index (κ1) is 22.1. The van der Waals surface area contributed by atoms with Crippen molar-refractivity contribution >= 4 is 23.4 Å². The van der Waals surface area contributed by atoms with Crippen molar-refractivity contribution in [3.05, 3.63) is 65.2 Å². The summed E-state index contributed by atoms with van der Waals surface area (Å²) in [5.41, 5.74) is 0.973. The van der Waals surface area contributed by atoms with Gasteiger partial charge < -0.3 is 19.5 Å². The molecule has 1 saturated heterocycles. The molecule has 0 aliphatic carbocycles. The third-order valence-corrected chi connectivity index (χ3v) is 4.88. The Morgan fingerprint density at radius 3 is 2.39 bits per heavy atom. The summed E-state index contributed by atoms with van der Waals surface area (Å²) in [4.78, 5) is 38.4. The number of Topliss-reactive ketones (excluding diaryl/α,β-unsaturated/α-hetero) is 1. The van der Waals surface area contributed by atoms with Crippen LogP contribution < -0.4 is 9.47 Å². The van der Waals surface area contributed by atoms with E-state index in [4.69, 9.17) is 9.47 Å². The number of amides is 1. The van der Waals surface area contributed by atoms with E-state index < -0.39 is 23.7 Å². The number of rotatable bonds is 7. The van der Waals surface area contributed by atoms with Gasteiger partial charge in [-0.3, -0.25) is 14.4 Å². The highest BCUT2D eigenvalue weighted by Crippen LogP contribution is 2.40. The molecule has 1 heterocycles. The molecule has 1 unspecified atom stereocenters. The Kier molecular flexibility index (Phi) is 6.74. The van der Waals surface area contributed by atoms with E-state index in [-0.39, 0.29) is 11.3 Å². The molecular formula is C24H25NO6. The highest BCUT2D eigenvalue weighted by molar-refractivity contribution is 6.46. The van der Waals surface area contributed by atoms with Crippen molar-refractivity contribution in [1.29, 1.82) is 0 Å². The zero-order valence-corrected chi connectivity index (χ0v) is 17.8. The fourth-order valence-corrected chi connectivity index (χ4v) is 3.64. The number of ether oxygens (including phenoxy) is 2. The third kappa shape index (κ3) is 4.60. The van der Waals surface area contributed by atoms with E-state index in [0.717, 1.165) is 0 Å². The summed E-state index contributed by atoms with van der Waals surface area (Å²) in [5, 5.41) is 11.0. The Balaban J connectivity index is 2.11. The summed E-state index contributed by atoms with van der Waals surface area (Å²) >= 11 is 0. The van der Waals surface area contributed by atoms with E-state index in [1.54, 1.807) is 48.5 Å². The molecule has 0 bridgehead atoms. The summed E-state index contributed by atoms with van der Waals surface area (Å²) in [5.74, 6) is -1.22. The maximum atomic E-state index is 12.9. The number of aliphatic hydroxyl groups excluding tert-OH is 1. The van der Waals surface area contributed by atoms with Gasteiger partial charge in [0.1, 0.15) is 17.3 Å². The summed E-state index contributed by atoms with van der Waals surface area (Å²) < 4.78 is 10.6. The number of nitrogens with zero attached hydrogens (tertiary/aromatic N) is 1. The van der Waals surface area contributed by atoms with Crippen LogP contribution in [0.1, 0.15) is 44.4 Å². The Morgan fingerprint density at radius 2 is 1.77 bits per heavy atom. The van der Waals surface area contributed by atoms with Crippen LogP contribution in [0, 0.1) is 0 Å². The van der Waals surface area contributed by atoms with Crippen molar-refractivity contribution in [2.45, 2.75) is 33.2 Å². The smallest absolute Gasteiger partial charge is 0.308 e. The summed E-state index contributed by atoms with van der Waals surface area (Å²) in [6.07, 6.45) is 0.635. The molecule has 7 heteroatoms. The fourth-order valence-electron chi connectivity index (χ4n) is 3.64. The van der Waals surface area contributed by atoms with Crippen molar-refractivity contribution in [1.82, 2.24) is 4.90 Å². The second-order valence-corrected chi connectivity index (χ2v) is 7.12. The van der Waals surface area contributed by atoms with Gasteiger partial charge in [0.2, 0.25) is 0 Å². The van der Waals surface area contributed by atoms with E-state index in [0.29, 0.717) is 42.2 Å². The molecule has 3 rings (SSSR count). The van der Waals surface area contributed by atoms with Crippen LogP contribution in [0.5, 0.6) is 11.5 Å². The van der Waals surface area contributed by atoms with E-state index >= 15 is 0 Å². The number of benzene rings is 2. The SMILES string of the molecule is CCCN1C(=O)C(=O)/C(=C(\O)c2ccc(OCC)cc2)C1c1cccc(OC(C)=O)c1. The molecule has 1 aliphatic heterocycles. The summed E-state index contributed by atoms with van der Waals surface area (Å²) in [6, 6.07) is 12.5. The predicted molar refractivity (Wildman–Crippen MR) is 115 cm³/mol. The second-order valence-electron chi connectivity index (χ2n) is 7.12. The van der Waals surface area contributed by atoms with Crippen LogP contribution in [0.25, 0.3) is 5.76 Å². The maximum Gasteiger partial charge on any atom is 0.308 e. The topological polar surface area (TPSA) is 93.1 Å². The van der Waals surface area contributed by atoms with E-state index in [9.17, 15) is 19.5 Å². The molecular weight excluding hydrogens is 398 g/mol. The fraction of sp³-hybridized carbons (Fsp3) is 0.292. The standard InChI is InChI=1S/C24H25NO6/c1-4-13-25-21(17-7-6-8-19(14-17)31-15(3)26)20(23(28)24(25)29)22(27)16-9-11-18(12-10-16)30-5-2/h6-12,14,21,27H,4-5,13H2,1-3H3/b22-20-. The van der Waals surface area contributed by atoms with Gasteiger partial charge in [-0.15, -0.1) is 0 Å². The second kappa shape index (κ2) is 9.47. The van der Waals surface area contributed by atoms with Gasteiger partial charge in [0.25, 0.3) is 11.7 Å². The van der Waals surface area contributed by atoms with Crippen molar-refractivity contribution in [3.63, 3.8) is 0 Å². The van der Waals surface area contributed by atoms with Crippen LogP contribution in [-0.2, 0) is 14.4 Å². The Morgan fingerprint density at radius 1 is 1.06 bits per heavy atom. The minimum atomic E-state index is -0.790. The third-order valence-electron chi connectivity index (χ3n) is 4.88. The van der Waals surface area contributed by atoms with Crippen LogP contribution in [0.2, 0.25) is 0 Å². The zero-order chi connectivity index (χ0) is 22.5. The van der Waals surface area contributed by atoms with E-state index in [1.165, 1.54) is 11.8 Å². The minimum absolute atomic E-state index is 0.00239. The zero-order valence-electron chi connectivity index (χ0n) is 17.8. The lowest BCUT2D eigenvalue weighted by Gasteiger charge is -2.25. The first-order chi connectivity index (χ1) is 14.9. The first-order valence-electron chi connectivity index (χ1n) is 10.2. The Labute approximate surface area is 180 Å². The Bertz CT molecular complexity index is 1020. The van der Waals surface area contributed by atoms with Gasteiger partial charge in [-0.1, -0.05) is 19.1 Å². The highest BCUT2D eigenvalue weighted by atomic mass is 16.5. The van der Waals surface area contributed by atoms with Gasteiger partial charge in [0, 0.05) is 19.0 Å². The molecule has 0 saturated carbocycles. The minimum Gasteiger partial charge on any atom is -0.507 e. The molecule has 2 aromatic carbocycles. The number of carbonyl (C=O) groups is 3. The predicted octanol–water partition coefficient (Wildman–Crippen LogP) is 3.84. The van der Waals surface area contributed by atoms with Gasteiger partial charge in [-0.05, 0) is 55.3 Å². The largest absolute Gasteiger partial charge is 0.507 e. The normalized spacial score (nSPS) is 17.6. The number of carbonyl (C=O) groups excluding carboxylic acids is 3. The van der Waals surface area contributed by atoms with Crippen LogP contribution in [-0.4, -0.2) is 40.8 Å². The quantitative estimate of drug-likeness (QED) is 0.239. The lowest BCUT2D eigenvalue weighted by molar-refractivity contribution is -0.139. The average Bonchev–Trinajstić information content (AvgIpc) is 2.99. The molecule has 1 atom stereocenters. The van der Waals surface area contributed by atoms with Gasteiger partial charge in [-0.25, -0.2) is 0 Å². The summed E-state index contributed by atoms with van der Waals surface area (Å²) in [7, 11) is 0. The molecule has 162 valence electrons. The van der Waals surface area contributed by atoms with Gasteiger partial charge in [0.15, 0.2) is 0 Å². The van der Waals surface area contributed by atoms with Gasteiger partial charge in [-0.2, -0.15) is 0 Å². The van der Waals surface area contributed by atoms with E-state index in [2.05, 4.69) is 0 Å². The number of hydrogen-bond donors (Lipinski definition) is 1. The lowest BCUT2D eigenvalue weighted by Crippen LogP contribution is -2.30. The summed E-state index contributed by atoms with van der Waals surface area (Å²) in [6.45, 7) is 5.91. The molecule has 2 aromatic rings. The van der Waals surface area contributed by atoms with E-state index in [1.807, 2.05) is 13.8 Å². The van der Waals surface area contributed by atoms with Crippen molar-refractivity contribution in [2.24, 2.45) is 0 Å². The number of hydrogen-bond acceptors (Lipinski definition) is 6. The van der Waals surface area contributed by atoms with Crippen LogP contribution in [0.3, 0.4) is 0 Å². The Hall–Kier alpha value is -3.61. The number of likely N-dealkylation sites (tertiary alicyclic amines) is 1. The van der Waals surface area contributed by atoms with Crippen LogP contribution >= 0.6 is 0 Å². The van der Waals surface area contributed by atoms with Crippen molar-refractivity contribution < 1.29 is 29.0 Å². The number of esters is 1. The molecule has 31 heavy (non-hydrogen) atoms. The highest BCUT2D eigenvalue weighted by Gasteiger charge is 2.45. The van der Waals surface area contributed by atoms with Crippen LogP contribution in [0.4, 0.5) is 0 Å². The van der Waals surface area contributed by atoms with Crippen molar-refractivity contribution in [3.8, 4) is 11.5 Å². The monoisotopic (exact) mass is 423 g/mol. The number of aliphatic hydroxyl groups is 1. The lowest BCUT2D eigenvalue weighted by atomic mass is 9.95. The molecule has 1 aliphatic rings. The molecule has 1 fully saturated rings.